The minimum Gasteiger partial charge on any atom is -0.508 e. The number of phenolic OH excluding ortho intramolecular Hbond substituents is 1. The first-order chi connectivity index (χ1) is 16.0. The fourth-order valence-electron chi connectivity index (χ4n) is 4.19. The van der Waals surface area contributed by atoms with Gasteiger partial charge in [0, 0.05) is 0 Å². The summed E-state index contributed by atoms with van der Waals surface area (Å²) in [5.74, 6) is 0.268. The van der Waals surface area contributed by atoms with Crippen molar-refractivity contribution in [2.24, 2.45) is 0 Å². The maximum Gasteiger partial charge on any atom is 0.116 e. The quantitative estimate of drug-likeness (QED) is 0.305. The zero-order valence-corrected chi connectivity index (χ0v) is 18.9. The molecule has 0 aromatic heterocycles. The van der Waals surface area contributed by atoms with E-state index in [9.17, 15) is 5.11 Å². The summed E-state index contributed by atoms with van der Waals surface area (Å²) in [6, 6.07) is 39.9. The molecule has 0 spiro atoms. The molecule has 0 aliphatic rings. The lowest BCUT2D eigenvalue weighted by molar-refractivity contribution is 0.476. The van der Waals surface area contributed by atoms with Gasteiger partial charge in [0.1, 0.15) is 5.75 Å². The van der Waals surface area contributed by atoms with Gasteiger partial charge < -0.3 is 5.11 Å². The minimum atomic E-state index is 0.268. The molecule has 0 bridgehead atoms. The molecule has 1 nitrogen and oxygen atoms in total. The monoisotopic (exact) mass is 426 g/mol. The first-order valence-electron chi connectivity index (χ1n) is 11.2. The molecule has 0 fully saturated rings. The molecule has 0 aliphatic carbocycles. The normalized spacial score (nSPS) is 10.8. The van der Waals surface area contributed by atoms with Crippen LogP contribution in [0.4, 0.5) is 0 Å². The van der Waals surface area contributed by atoms with Gasteiger partial charge in [-0.15, -0.1) is 0 Å². The molecule has 0 saturated carbocycles. The van der Waals surface area contributed by atoms with E-state index in [0.29, 0.717) is 0 Å². The zero-order chi connectivity index (χ0) is 22.8. The number of hydrogen-bond acceptors (Lipinski definition) is 1. The SMILES string of the molecule is Cc1ccc(-c2cccc(-c3cc(O)cc(-c4cccc(-c5ccc(C)cc5)c4)c3)c2)cc1. The van der Waals surface area contributed by atoms with Gasteiger partial charge in [-0.05, 0) is 88.7 Å². The van der Waals surface area contributed by atoms with Crippen LogP contribution in [0.1, 0.15) is 11.1 Å². The Morgan fingerprint density at radius 1 is 0.364 bits per heavy atom. The third-order valence-electron chi connectivity index (χ3n) is 6.08. The van der Waals surface area contributed by atoms with Crippen LogP contribution in [0.25, 0.3) is 44.5 Å². The zero-order valence-electron chi connectivity index (χ0n) is 18.9. The largest absolute Gasteiger partial charge is 0.508 e. The average molecular weight is 427 g/mol. The molecule has 0 heterocycles. The molecule has 0 unspecified atom stereocenters. The number of phenols is 1. The van der Waals surface area contributed by atoms with Crippen molar-refractivity contribution in [3.05, 3.63) is 126 Å². The molecule has 1 heteroatoms. The van der Waals surface area contributed by atoms with E-state index in [-0.39, 0.29) is 5.75 Å². The lowest BCUT2D eigenvalue weighted by Gasteiger charge is -2.11. The number of rotatable bonds is 4. The van der Waals surface area contributed by atoms with Crippen LogP contribution >= 0.6 is 0 Å². The van der Waals surface area contributed by atoms with Crippen LogP contribution in [0.15, 0.2) is 115 Å². The number of hydrogen-bond donors (Lipinski definition) is 1. The molecule has 160 valence electrons. The minimum absolute atomic E-state index is 0.268. The van der Waals surface area contributed by atoms with Crippen molar-refractivity contribution in [3.63, 3.8) is 0 Å². The van der Waals surface area contributed by atoms with Crippen molar-refractivity contribution in [1.29, 1.82) is 0 Å². The average Bonchev–Trinajstić information content (AvgIpc) is 2.85. The molecule has 0 saturated heterocycles. The van der Waals surface area contributed by atoms with Crippen molar-refractivity contribution in [2.45, 2.75) is 13.8 Å². The molecule has 1 N–H and O–H groups in total. The maximum absolute atomic E-state index is 10.6. The van der Waals surface area contributed by atoms with E-state index in [1.54, 1.807) is 0 Å². The molecule has 0 radical (unpaired) electrons. The second-order valence-electron chi connectivity index (χ2n) is 8.66. The van der Waals surface area contributed by atoms with Crippen molar-refractivity contribution in [1.82, 2.24) is 0 Å². The van der Waals surface area contributed by atoms with Gasteiger partial charge in [-0.3, -0.25) is 0 Å². The van der Waals surface area contributed by atoms with E-state index in [1.165, 1.54) is 33.4 Å². The molecular weight excluding hydrogens is 400 g/mol. The second kappa shape index (κ2) is 8.80. The fourth-order valence-corrected chi connectivity index (χ4v) is 4.19. The Morgan fingerprint density at radius 2 is 0.697 bits per heavy atom. The first-order valence-corrected chi connectivity index (χ1v) is 11.2. The summed E-state index contributed by atoms with van der Waals surface area (Å²) in [4.78, 5) is 0. The van der Waals surface area contributed by atoms with Gasteiger partial charge in [0.2, 0.25) is 0 Å². The van der Waals surface area contributed by atoms with Crippen LogP contribution in [0, 0.1) is 13.8 Å². The smallest absolute Gasteiger partial charge is 0.116 e. The van der Waals surface area contributed by atoms with E-state index in [1.807, 2.05) is 12.1 Å². The van der Waals surface area contributed by atoms with Gasteiger partial charge in [-0.2, -0.15) is 0 Å². The standard InChI is InChI=1S/C32H26O/c1-22-9-13-24(14-10-22)26-5-3-7-28(17-26)30-19-31(21-32(33)20-30)29-8-4-6-27(18-29)25-15-11-23(2)12-16-25/h3-21,33H,1-2H3. The molecule has 5 rings (SSSR count). The lowest BCUT2D eigenvalue weighted by atomic mass is 9.94. The summed E-state index contributed by atoms with van der Waals surface area (Å²) < 4.78 is 0. The maximum atomic E-state index is 10.6. The number of aryl methyl sites for hydroxylation is 2. The predicted octanol–water partition coefficient (Wildman–Crippen LogP) is 8.68. The summed E-state index contributed by atoms with van der Waals surface area (Å²) in [5, 5.41) is 10.6. The van der Waals surface area contributed by atoms with Gasteiger partial charge >= 0.3 is 0 Å². The lowest BCUT2D eigenvalue weighted by Crippen LogP contribution is -1.85. The molecule has 5 aromatic carbocycles. The van der Waals surface area contributed by atoms with E-state index in [0.717, 1.165) is 22.3 Å². The third-order valence-corrected chi connectivity index (χ3v) is 6.08. The van der Waals surface area contributed by atoms with Crippen LogP contribution in [0.3, 0.4) is 0 Å². The summed E-state index contributed by atoms with van der Waals surface area (Å²) in [7, 11) is 0. The fraction of sp³-hybridized carbons (Fsp3) is 0.0625. The Balaban J connectivity index is 1.53. The Kier molecular flexibility index (Phi) is 5.54. The van der Waals surface area contributed by atoms with E-state index >= 15 is 0 Å². The molecule has 0 amide bonds. The van der Waals surface area contributed by atoms with Crippen LogP contribution < -0.4 is 0 Å². The van der Waals surface area contributed by atoms with Gasteiger partial charge in [0.15, 0.2) is 0 Å². The summed E-state index contributed by atoms with van der Waals surface area (Å²) in [6.07, 6.45) is 0. The Morgan fingerprint density at radius 3 is 1.09 bits per heavy atom. The van der Waals surface area contributed by atoms with Crippen molar-refractivity contribution >= 4 is 0 Å². The predicted molar refractivity (Wildman–Crippen MR) is 139 cm³/mol. The second-order valence-corrected chi connectivity index (χ2v) is 8.66. The molecule has 5 aromatic rings. The van der Waals surface area contributed by atoms with E-state index in [4.69, 9.17) is 0 Å². The highest BCUT2D eigenvalue weighted by Gasteiger charge is 2.08. The van der Waals surface area contributed by atoms with Crippen molar-refractivity contribution < 1.29 is 5.11 Å². The third kappa shape index (κ3) is 4.58. The summed E-state index contributed by atoms with van der Waals surface area (Å²) >= 11 is 0. The van der Waals surface area contributed by atoms with Crippen molar-refractivity contribution in [2.75, 3.05) is 0 Å². The van der Waals surface area contributed by atoms with Crippen LogP contribution in [0.2, 0.25) is 0 Å². The molecule has 0 atom stereocenters. The molecule has 33 heavy (non-hydrogen) atoms. The van der Waals surface area contributed by atoms with Gasteiger partial charge in [-0.25, -0.2) is 0 Å². The highest BCUT2D eigenvalue weighted by atomic mass is 16.3. The van der Waals surface area contributed by atoms with Gasteiger partial charge in [0.25, 0.3) is 0 Å². The van der Waals surface area contributed by atoms with E-state index < -0.39 is 0 Å². The van der Waals surface area contributed by atoms with Gasteiger partial charge in [0.05, 0.1) is 0 Å². The molecule has 0 aliphatic heterocycles. The Bertz CT molecular complexity index is 1300. The summed E-state index contributed by atoms with van der Waals surface area (Å²) in [6.45, 7) is 4.20. The van der Waals surface area contributed by atoms with Crippen LogP contribution in [-0.4, -0.2) is 5.11 Å². The van der Waals surface area contributed by atoms with Crippen molar-refractivity contribution in [3.8, 4) is 50.3 Å². The molecular formula is C32H26O. The van der Waals surface area contributed by atoms with Crippen LogP contribution in [0.5, 0.6) is 5.75 Å². The highest BCUT2D eigenvalue weighted by Crippen LogP contribution is 2.34. The van der Waals surface area contributed by atoms with E-state index in [2.05, 4.69) is 117 Å². The number of aromatic hydroxyl groups is 1. The Labute approximate surface area is 195 Å². The van der Waals surface area contributed by atoms with Gasteiger partial charge in [-0.1, -0.05) is 96.1 Å². The number of benzene rings is 5. The summed E-state index contributed by atoms with van der Waals surface area (Å²) in [5.41, 5.74) is 11.4. The highest BCUT2D eigenvalue weighted by molar-refractivity contribution is 5.80. The first kappa shape index (κ1) is 20.8. The topological polar surface area (TPSA) is 20.2 Å². The Hall–Kier alpha value is -4.10. The van der Waals surface area contributed by atoms with Crippen LogP contribution in [-0.2, 0) is 0 Å².